The molecule has 0 aromatic heterocycles. The molecule has 0 radical (unpaired) electrons. The minimum atomic E-state index is 0.0425. The van der Waals surface area contributed by atoms with E-state index in [4.69, 9.17) is 14.7 Å². The van der Waals surface area contributed by atoms with E-state index in [1.165, 1.54) is 0 Å². The fourth-order valence-corrected chi connectivity index (χ4v) is 1.58. The van der Waals surface area contributed by atoms with E-state index in [1.807, 2.05) is 38.1 Å². The number of hydrogen-bond donors (Lipinski definition) is 0. The Balaban J connectivity index is 2.37. The maximum atomic E-state index is 8.71. The third-order valence-corrected chi connectivity index (χ3v) is 2.60. The van der Waals surface area contributed by atoms with Gasteiger partial charge in [-0.2, -0.15) is 5.26 Å². The molecule has 1 rings (SSSR count). The summed E-state index contributed by atoms with van der Waals surface area (Å²) in [5.41, 5.74) is 1.11. The summed E-state index contributed by atoms with van der Waals surface area (Å²) < 4.78 is 10.8. The third-order valence-electron chi connectivity index (χ3n) is 2.60. The molecule has 1 aromatic rings. The molecule has 0 N–H and O–H groups in total. The third kappa shape index (κ3) is 4.88. The Labute approximate surface area is 103 Å². The summed E-state index contributed by atoms with van der Waals surface area (Å²) in [7, 11) is 1.65. The van der Waals surface area contributed by atoms with Gasteiger partial charge >= 0.3 is 0 Å². The van der Waals surface area contributed by atoms with Crippen LogP contribution in [0.5, 0.6) is 5.75 Å². The zero-order chi connectivity index (χ0) is 12.7. The average molecular weight is 233 g/mol. The van der Waals surface area contributed by atoms with Crippen molar-refractivity contribution in [3.05, 3.63) is 29.8 Å². The average Bonchev–Trinajstić information content (AvgIpc) is 2.36. The molecule has 0 bridgehead atoms. The predicted molar refractivity (Wildman–Crippen MR) is 66.6 cm³/mol. The van der Waals surface area contributed by atoms with E-state index < -0.39 is 0 Å². The van der Waals surface area contributed by atoms with Gasteiger partial charge in [-0.15, -0.1) is 0 Å². The van der Waals surface area contributed by atoms with E-state index in [0.717, 1.165) is 17.7 Å². The van der Waals surface area contributed by atoms with Crippen LogP contribution in [0.2, 0.25) is 0 Å². The number of benzene rings is 1. The Bertz CT molecular complexity index is 367. The molecule has 0 aliphatic carbocycles. The molecule has 0 amide bonds. The smallest absolute Gasteiger partial charge is 0.118 e. The first-order valence-electron chi connectivity index (χ1n) is 5.80. The maximum Gasteiger partial charge on any atom is 0.118 e. The van der Waals surface area contributed by atoms with Crippen molar-refractivity contribution in [3.8, 4) is 11.8 Å². The van der Waals surface area contributed by atoms with Crippen LogP contribution in [0.4, 0.5) is 0 Å². The number of methoxy groups -OCH3 is 1. The number of ether oxygens (including phenoxy) is 2. The number of hydrogen-bond acceptors (Lipinski definition) is 3. The summed E-state index contributed by atoms with van der Waals surface area (Å²) in [5.74, 6) is 0.890. The molecule has 0 saturated heterocycles. The second-order valence-electron chi connectivity index (χ2n) is 4.24. The maximum absolute atomic E-state index is 8.71. The summed E-state index contributed by atoms with van der Waals surface area (Å²) in [6, 6.07) is 10.0. The molecule has 3 nitrogen and oxygen atoms in total. The van der Waals surface area contributed by atoms with E-state index in [-0.39, 0.29) is 12.0 Å². The van der Waals surface area contributed by atoms with Gasteiger partial charge in [0.2, 0.25) is 0 Å². The first kappa shape index (κ1) is 13.5. The first-order chi connectivity index (χ1) is 8.15. The normalized spacial score (nSPS) is 13.8. The fourth-order valence-electron chi connectivity index (χ4n) is 1.58. The van der Waals surface area contributed by atoms with Gasteiger partial charge in [0.15, 0.2) is 0 Å². The van der Waals surface area contributed by atoms with Crippen LogP contribution < -0.4 is 4.74 Å². The standard InChI is InChI=1S/C14H19NO2/c1-11(9-15)8-12(2)17-10-13-4-6-14(16-3)7-5-13/h4-7,11-12H,8,10H2,1-3H3/t11-,12+/m1/s1. The Kier molecular flexibility index (Phi) is 5.51. The molecule has 3 heteroatoms. The van der Waals surface area contributed by atoms with Gasteiger partial charge in [0.25, 0.3) is 0 Å². The summed E-state index contributed by atoms with van der Waals surface area (Å²) >= 11 is 0. The lowest BCUT2D eigenvalue weighted by Gasteiger charge is -2.14. The van der Waals surface area contributed by atoms with Gasteiger partial charge in [-0.25, -0.2) is 0 Å². The summed E-state index contributed by atoms with van der Waals surface area (Å²) in [4.78, 5) is 0. The van der Waals surface area contributed by atoms with Crippen molar-refractivity contribution in [2.24, 2.45) is 5.92 Å². The van der Waals surface area contributed by atoms with E-state index in [1.54, 1.807) is 7.11 Å². The topological polar surface area (TPSA) is 42.2 Å². The zero-order valence-electron chi connectivity index (χ0n) is 10.6. The lowest BCUT2D eigenvalue weighted by atomic mass is 10.1. The van der Waals surface area contributed by atoms with E-state index >= 15 is 0 Å². The Morgan fingerprint density at radius 1 is 1.24 bits per heavy atom. The van der Waals surface area contributed by atoms with Gasteiger partial charge in [0, 0.05) is 5.92 Å². The van der Waals surface area contributed by atoms with Crippen molar-refractivity contribution in [2.45, 2.75) is 33.0 Å². The minimum absolute atomic E-state index is 0.0425. The summed E-state index contributed by atoms with van der Waals surface area (Å²) in [6.45, 7) is 4.48. The molecule has 0 aliphatic rings. The highest BCUT2D eigenvalue weighted by Crippen LogP contribution is 2.14. The van der Waals surface area contributed by atoms with Crippen LogP contribution in [0, 0.1) is 17.2 Å². The predicted octanol–water partition coefficient (Wildman–Crippen LogP) is 3.15. The molecule has 0 saturated carbocycles. The van der Waals surface area contributed by atoms with Gasteiger partial charge in [-0.1, -0.05) is 12.1 Å². The van der Waals surface area contributed by atoms with Crippen molar-refractivity contribution >= 4 is 0 Å². The van der Waals surface area contributed by atoms with Gasteiger partial charge in [0.1, 0.15) is 5.75 Å². The molecule has 0 unspecified atom stereocenters. The molecular formula is C14H19NO2. The molecule has 2 atom stereocenters. The Hall–Kier alpha value is -1.53. The molecular weight excluding hydrogens is 214 g/mol. The van der Waals surface area contributed by atoms with Gasteiger partial charge in [-0.3, -0.25) is 0 Å². The Morgan fingerprint density at radius 2 is 1.88 bits per heavy atom. The second kappa shape index (κ2) is 6.93. The van der Waals surface area contributed by atoms with Crippen molar-refractivity contribution in [1.29, 1.82) is 5.26 Å². The molecule has 0 aliphatic heterocycles. The highest BCUT2D eigenvalue weighted by atomic mass is 16.5. The van der Waals surface area contributed by atoms with Crippen LogP contribution in [0.25, 0.3) is 0 Å². The lowest BCUT2D eigenvalue weighted by Crippen LogP contribution is -2.11. The summed E-state index contributed by atoms with van der Waals surface area (Å²) in [5, 5.41) is 8.71. The lowest BCUT2D eigenvalue weighted by molar-refractivity contribution is 0.0423. The molecule has 1 aromatic carbocycles. The number of nitrogens with zero attached hydrogens (tertiary/aromatic N) is 1. The SMILES string of the molecule is COc1ccc(CO[C@@H](C)C[C@@H](C)C#N)cc1. The second-order valence-corrected chi connectivity index (χ2v) is 4.24. The van der Waals surface area contributed by atoms with Gasteiger partial charge in [0.05, 0.1) is 25.9 Å². The van der Waals surface area contributed by atoms with Crippen LogP contribution in [0.3, 0.4) is 0 Å². The van der Waals surface area contributed by atoms with Gasteiger partial charge < -0.3 is 9.47 Å². The van der Waals surface area contributed by atoms with E-state index in [9.17, 15) is 0 Å². The van der Waals surface area contributed by atoms with Crippen molar-refractivity contribution in [1.82, 2.24) is 0 Å². The van der Waals surface area contributed by atoms with E-state index in [2.05, 4.69) is 6.07 Å². The zero-order valence-corrected chi connectivity index (χ0v) is 10.6. The van der Waals surface area contributed by atoms with Gasteiger partial charge in [-0.05, 0) is 38.0 Å². The van der Waals surface area contributed by atoms with Crippen molar-refractivity contribution in [2.75, 3.05) is 7.11 Å². The molecule has 0 spiro atoms. The van der Waals surface area contributed by atoms with Crippen LogP contribution in [-0.2, 0) is 11.3 Å². The highest BCUT2D eigenvalue weighted by molar-refractivity contribution is 5.26. The largest absolute Gasteiger partial charge is 0.497 e. The quantitative estimate of drug-likeness (QED) is 0.758. The van der Waals surface area contributed by atoms with Crippen LogP contribution in [0.1, 0.15) is 25.8 Å². The van der Waals surface area contributed by atoms with Crippen molar-refractivity contribution < 1.29 is 9.47 Å². The monoisotopic (exact) mass is 233 g/mol. The first-order valence-corrected chi connectivity index (χ1v) is 5.80. The highest BCUT2D eigenvalue weighted by Gasteiger charge is 2.08. The molecule has 0 heterocycles. The number of nitriles is 1. The van der Waals surface area contributed by atoms with E-state index in [0.29, 0.717) is 6.61 Å². The molecule has 92 valence electrons. The Morgan fingerprint density at radius 3 is 2.41 bits per heavy atom. The minimum Gasteiger partial charge on any atom is -0.497 e. The fraction of sp³-hybridized carbons (Fsp3) is 0.500. The van der Waals surface area contributed by atoms with Crippen molar-refractivity contribution in [3.63, 3.8) is 0 Å². The molecule has 17 heavy (non-hydrogen) atoms. The van der Waals surface area contributed by atoms with Crippen LogP contribution >= 0.6 is 0 Å². The van der Waals surface area contributed by atoms with Crippen LogP contribution in [0.15, 0.2) is 24.3 Å². The number of rotatable bonds is 6. The van der Waals surface area contributed by atoms with Crippen LogP contribution in [-0.4, -0.2) is 13.2 Å². The summed E-state index contributed by atoms with van der Waals surface area (Å²) in [6.07, 6.45) is 0.874. The molecule has 0 fully saturated rings.